The van der Waals surface area contributed by atoms with Crippen molar-refractivity contribution in [1.82, 2.24) is 24.3 Å². The summed E-state index contributed by atoms with van der Waals surface area (Å²) in [5, 5.41) is 9.11. The van der Waals surface area contributed by atoms with E-state index in [0.29, 0.717) is 22.8 Å². The lowest BCUT2D eigenvalue weighted by Crippen LogP contribution is -2.33. The first-order valence-electron chi connectivity index (χ1n) is 13.1. The first-order chi connectivity index (χ1) is 19.7. The number of fused-ring (bicyclic) bond motifs is 7. The largest absolute Gasteiger partial charge is 0.477 e. The smallest absolute Gasteiger partial charge is 0.408 e. The van der Waals surface area contributed by atoms with Gasteiger partial charge in [0, 0.05) is 30.5 Å². The minimum Gasteiger partial charge on any atom is -0.477 e. The molecule has 42 heavy (non-hydrogen) atoms. The maximum absolute atomic E-state index is 14.2. The summed E-state index contributed by atoms with van der Waals surface area (Å²) in [6.07, 6.45) is -7.85. The van der Waals surface area contributed by atoms with E-state index >= 15 is 0 Å². The van der Waals surface area contributed by atoms with E-state index in [1.54, 1.807) is 14.0 Å². The molecule has 224 valence electrons. The van der Waals surface area contributed by atoms with Crippen LogP contribution in [0.1, 0.15) is 35.8 Å². The van der Waals surface area contributed by atoms with Gasteiger partial charge >= 0.3 is 12.4 Å². The quantitative estimate of drug-likeness (QED) is 0.272. The van der Waals surface area contributed by atoms with Crippen LogP contribution in [0.3, 0.4) is 0 Å². The second kappa shape index (κ2) is 10.8. The second-order valence-electron chi connectivity index (χ2n) is 10.2. The molecule has 4 aromatic rings. The topological polar surface area (TPSA) is 98.9 Å². The number of anilines is 2. The first kappa shape index (κ1) is 29.2. The first-order valence-corrected chi connectivity index (χ1v) is 13.1. The lowest BCUT2D eigenvalue weighted by molar-refractivity contribution is -0.180. The Hall–Kier alpha value is -4.30. The van der Waals surface area contributed by atoms with Crippen LogP contribution in [0.5, 0.6) is 5.88 Å². The standard InChI is InChI=1S/C27H27F6N7O2/c1-14-9-16-10-20(35-14)19-12-34-39(3)24(19)42-8-4-5-17(27(31,32)33)13-40-22-7-6-18(36-15(2)26(28,29)30)11-21(22)37-25(40)38-23(16)41/h6-7,9-12,15,17,36H,4-5,8,13H2,1-3H3,(H,37,38,41)/t15-,17+/m0/s1. The molecule has 1 aliphatic heterocycles. The van der Waals surface area contributed by atoms with Crippen LogP contribution in [0, 0.1) is 12.8 Å². The second-order valence-corrected chi connectivity index (χ2v) is 10.2. The number of carbonyl (C=O) groups excluding carboxylic acids is 1. The third-order valence-electron chi connectivity index (χ3n) is 7.03. The van der Waals surface area contributed by atoms with Crippen LogP contribution in [0.15, 0.2) is 36.5 Å². The Morgan fingerprint density at radius 3 is 2.60 bits per heavy atom. The van der Waals surface area contributed by atoms with Gasteiger partial charge in [-0.15, -0.1) is 0 Å². The molecule has 1 amide bonds. The van der Waals surface area contributed by atoms with E-state index in [1.165, 1.54) is 45.8 Å². The number of hydrogen-bond donors (Lipinski definition) is 2. The van der Waals surface area contributed by atoms with E-state index in [4.69, 9.17) is 4.74 Å². The number of ether oxygens (including phenoxy) is 1. The molecule has 1 aliphatic rings. The fraction of sp³-hybridized carbons (Fsp3) is 0.407. The van der Waals surface area contributed by atoms with Crippen LogP contribution in [0.25, 0.3) is 22.3 Å². The van der Waals surface area contributed by atoms with Gasteiger partial charge in [0.2, 0.25) is 11.8 Å². The maximum atomic E-state index is 14.2. The summed E-state index contributed by atoms with van der Waals surface area (Å²) in [5.41, 5.74) is 1.92. The highest BCUT2D eigenvalue weighted by molar-refractivity contribution is 6.05. The van der Waals surface area contributed by atoms with Gasteiger partial charge < -0.3 is 14.6 Å². The summed E-state index contributed by atoms with van der Waals surface area (Å²) in [4.78, 5) is 22.2. The molecule has 9 nitrogen and oxygen atoms in total. The summed E-state index contributed by atoms with van der Waals surface area (Å²) < 4.78 is 90.5. The summed E-state index contributed by atoms with van der Waals surface area (Å²) in [6.45, 7) is 2.02. The molecule has 0 saturated carbocycles. The number of carbonyl (C=O) groups is 1. The van der Waals surface area contributed by atoms with Crippen molar-refractivity contribution in [2.24, 2.45) is 13.0 Å². The molecule has 15 heteroatoms. The van der Waals surface area contributed by atoms with E-state index < -0.39 is 36.8 Å². The number of benzene rings is 1. The number of rotatable bonds is 2. The normalized spacial score (nSPS) is 17.4. The Labute approximate surface area is 235 Å². The average molecular weight is 596 g/mol. The number of aromatic nitrogens is 5. The molecule has 5 rings (SSSR count). The van der Waals surface area contributed by atoms with Crippen molar-refractivity contribution in [3.63, 3.8) is 0 Å². The highest BCUT2D eigenvalue weighted by atomic mass is 19.4. The fourth-order valence-electron chi connectivity index (χ4n) is 4.79. The van der Waals surface area contributed by atoms with Crippen LogP contribution in [-0.2, 0) is 13.6 Å². The fourth-order valence-corrected chi connectivity index (χ4v) is 4.79. The molecule has 0 spiro atoms. The highest BCUT2D eigenvalue weighted by Gasteiger charge is 2.40. The summed E-state index contributed by atoms with van der Waals surface area (Å²) >= 11 is 0. The average Bonchev–Trinajstić information content (AvgIpc) is 3.42. The molecule has 3 aromatic heterocycles. The molecule has 0 aliphatic carbocycles. The zero-order valence-electron chi connectivity index (χ0n) is 22.8. The van der Waals surface area contributed by atoms with Crippen LogP contribution in [0.4, 0.5) is 38.0 Å². The summed E-state index contributed by atoms with van der Waals surface area (Å²) in [7, 11) is 1.63. The number of aryl methyl sites for hydroxylation is 2. The molecule has 0 fully saturated rings. The number of hydrogen-bond acceptors (Lipinski definition) is 6. The van der Waals surface area contributed by atoms with Gasteiger partial charge in [-0.05, 0) is 57.0 Å². The van der Waals surface area contributed by atoms with Gasteiger partial charge in [-0.3, -0.25) is 15.1 Å². The molecule has 4 heterocycles. The number of amides is 1. The third-order valence-corrected chi connectivity index (χ3v) is 7.03. The Bertz CT molecular complexity index is 1630. The van der Waals surface area contributed by atoms with E-state index in [1.807, 2.05) is 0 Å². The molecular formula is C27H27F6N7O2. The zero-order chi connectivity index (χ0) is 30.4. The van der Waals surface area contributed by atoms with Gasteiger partial charge in [-0.1, -0.05) is 0 Å². The van der Waals surface area contributed by atoms with Gasteiger partial charge in [-0.25, -0.2) is 9.67 Å². The van der Waals surface area contributed by atoms with Crippen LogP contribution >= 0.6 is 0 Å². The molecule has 2 N–H and O–H groups in total. The predicted molar refractivity (Wildman–Crippen MR) is 142 cm³/mol. The zero-order valence-corrected chi connectivity index (χ0v) is 22.8. The van der Waals surface area contributed by atoms with Crippen molar-refractivity contribution in [2.45, 2.75) is 51.6 Å². The van der Waals surface area contributed by atoms with Gasteiger partial charge in [0.05, 0.1) is 41.0 Å². The maximum Gasteiger partial charge on any atom is 0.408 e. The number of nitrogens with zero attached hydrogens (tertiary/aromatic N) is 5. The van der Waals surface area contributed by atoms with Crippen LogP contribution in [0.2, 0.25) is 0 Å². The number of imidazole rings is 1. The van der Waals surface area contributed by atoms with Gasteiger partial charge in [-0.2, -0.15) is 31.4 Å². The Kier molecular flexibility index (Phi) is 7.53. The predicted octanol–water partition coefficient (Wildman–Crippen LogP) is 6.11. The Morgan fingerprint density at radius 2 is 1.88 bits per heavy atom. The van der Waals surface area contributed by atoms with Crippen molar-refractivity contribution in [2.75, 3.05) is 17.2 Å². The number of nitrogens with one attached hydrogen (secondary N) is 2. The van der Waals surface area contributed by atoms with Gasteiger partial charge in [0.1, 0.15) is 6.04 Å². The molecule has 2 bridgehead atoms. The van der Waals surface area contributed by atoms with E-state index in [-0.39, 0.29) is 47.7 Å². The molecule has 1 aromatic carbocycles. The Morgan fingerprint density at radius 1 is 1.12 bits per heavy atom. The van der Waals surface area contributed by atoms with Crippen LogP contribution < -0.4 is 15.4 Å². The molecule has 0 unspecified atom stereocenters. The third kappa shape index (κ3) is 5.99. The number of halogens is 6. The molecule has 2 atom stereocenters. The Balaban J connectivity index is 1.60. The van der Waals surface area contributed by atoms with Crippen LogP contribution in [-0.4, -0.2) is 55.2 Å². The monoisotopic (exact) mass is 595 g/mol. The molecule has 0 saturated heterocycles. The number of pyridine rings is 1. The lowest BCUT2D eigenvalue weighted by atomic mass is 10.0. The van der Waals surface area contributed by atoms with Crippen molar-refractivity contribution >= 4 is 28.6 Å². The van der Waals surface area contributed by atoms with Crippen molar-refractivity contribution in [1.29, 1.82) is 0 Å². The van der Waals surface area contributed by atoms with Gasteiger partial charge in [0.25, 0.3) is 5.91 Å². The van der Waals surface area contributed by atoms with E-state index in [0.717, 1.165) is 6.92 Å². The minimum absolute atomic E-state index is 0.0288. The SMILES string of the molecule is Cc1cc2cc(n1)-c1cnn(C)c1OCCC[C@@H](C(F)(F)F)Cn1c(nc3cc(N[C@@H](C)C(F)(F)F)ccc31)NC2=O. The van der Waals surface area contributed by atoms with Gasteiger partial charge in [0.15, 0.2) is 0 Å². The van der Waals surface area contributed by atoms with Crippen molar-refractivity contribution in [3.8, 4) is 17.1 Å². The minimum atomic E-state index is -4.60. The molecule has 0 radical (unpaired) electrons. The lowest BCUT2D eigenvalue weighted by Gasteiger charge is -2.22. The summed E-state index contributed by atoms with van der Waals surface area (Å²) in [5.74, 6) is -2.36. The number of alkyl halides is 6. The molecular weight excluding hydrogens is 568 g/mol. The van der Waals surface area contributed by atoms with E-state index in [9.17, 15) is 31.1 Å². The highest BCUT2D eigenvalue weighted by Crippen LogP contribution is 2.36. The van der Waals surface area contributed by atoms with Crippen molar-refractivity contribution < 1.29 is 35.9 Å². The van der Waals surface area contributed by atoms with Crippen molar-refractivity contribution in [3.05, 3.63) is 47.8 Å². The van der Waals surface area contributed by atoms with E-state index in [2.05, 4.69) is 25.7 Å². The summed E-state index contributed by atoms with van der Waals surface area (Å²) in [6, 6.07) is 5.16.